The summed E-state index contributed by atoms with van der Waals surface area (Å²) >= 11 is 0. The zero-order valence-corrected chi connectivity index (χ0v) is 8.82. The topological polar surface area (TPSA) is 64.3 Å². The van der Waals surface area contributed by atoms with Gasteiger partial charge in [-0.1, -0.05) is 6.07 Å². The number of methoxy groups -OCH3 is 1. The van der Waals surface area contributed by atoms with Crippen LogP contribution in [0, 0.1) is 0 Å². The number of hydrogen-bond donors (Lipinski definition) is 2. The molecule has 0 saturated heterocycles. The Morgan fingerprint density at radius 2 is 2.33 bits per heavy atom. The van der Waals surface area contributed by atoms with E-state index >= 15 is 0 Å². The first-order valence-electron chi connectivity index (χ1n) is 4.90. The highest BCUT2D eigenvalue weighted by molar-refractivity contribution is 5.90. The van der Waals surface area contributed by atoms with Crippen LogP contribution in [0.4, 0.5) is 5.69 Å². The Hall–Kier alpha value is -1.55. The van der Waals surface area contributed by atoms with Crippen LogP contribution in [0.25, 0.3) is 0 Å². The van der Waals surface area contributed by atoms with Crippen LogP contribution in [0.15, 0.2) is 24.3 Å². The number of nitrogens with one attached hydrogen (secondary N) is 1. The lowest BCUT2D eigenvalue weighted by Gasteiger charge is -2.06. The van der Waals surface area contributed by atoms with Gasteiger partial charge in [0.25, 0.3) is 0 Å². The minimum atomic E-state index is -0.322. The third kappa shape index (κ3) is 3.59. The van der Waals surface area contributed by atoms with Crippen molar-refractivity contribution in [1.82, 2.24) is 0 Å². The van der Waals surface area contributed by atoms with E-state index in [2.05, 4.69) is 10.1 Å². The maximum atomic E-state index is 11.2. The fraction of sp³-hybridized carbons (Fsp3) is 0.364. The molecular formula is C11H16N2O2. The molecule has 4 heteroatoms. The van der Waals surface area contributed by atoms with E-state index in [1.54, 1.807) is 12.1 Å². The average molecular weight is 208 g/mol. The summed E-state index contributed by atoms with van der Waals surface area (Å²) in [6, 6.07) is 7.21. The summed E-state index contributed by atoms with van der Waals surface area (Å²) in [7, 11) is 1.37. The van der Waals surface area contributed by atoms with E-state index in [9.17, 15) is 4.79 Å². The van der Waals surface area contributed by atoms with Gasteiger partial charge in [0.15, 0.2) is 0 Å². The van der Waals surface area contributed by atoms with Crippen molar-refractivity contribution in [3.8, 4) is 0 Å². The summed E-state index contributed by atoms with van der Waals surface area (Å²) in [4.78, 5) is 11.2. The molecule has 1 aromatic rings. The summed E-state index contributed by atoms with van der Waals surface area (Å²) in [6.45, 7) is 1.46. The highest BCUT2D eigenvalue weighted by atomic mass is 16.5. The fourth-order valence-electron chi connectivity index (χ4n) is 1.21. The summed E-state index contributed by atoms with van der Waals surface area (Å²) < 4.78 is 4.63. The Bertz CT molecular complexity index is 326. The van der Waals surface area contributed by atoms with Crippen LogP contribution in [-0.2, 0) is 4.74 Å². The molecule has 0 heterocycles. The summed E-state index contributed by atoms with van der Waals surface area (Å²) in [5, 5.41) is 3.18. The van der Waals surface area contributed by atoms with E-state index in [-0.39, 0.29) is 5.97 Å². The monoisotopic (exact) mass is 208 g/mol. The Labute approximate surface area is 89.4 Å². The predicted octanol–water partition coefficient (Wildman–Crippen LogP) is 1.23. The Morgan fingerprint density at radius 1 is 1.53 bits per heavy atom. The molecule has 0 aliphatic heterocycles. The molecule has 4 nitrogen and oxygen atoms in total. The standard InChI is InChI=1S/C11H16N2O2/c1-15-11(14)9-4-2-5-10(8-9)13-7-3-6-12/h2,4-5,8,13H,3,6-7,12H2,1H3. The molecule has 0 aliphatic carbocycles. The van der Waals surface area contributed by atoms with Crippen molar-refractivity contribution >= 4 is 11.7 Å². The first-order valence-corrected chi connectivity index (χ1v) is 4.90. The number of esters is 1. The second-order valence-electron chi connectivity index (χ2n) is 3.14. The minimum absolute atomic E-state index is 0.322. The molecule has 0 atom stereocenters. The van der Waals surface area contributed by atoms with Crippen LogP contribution >= 0.6 is 0 Å². The molecular weight excluding hydrogens is 192 g/mol. The van der Waals surface area contributed by atoms with E-state index in [0.717, 1.165) is 18.7 Å². The van der Waals surface area contributed by atoms with Gasteiger partial charge in [-0.05, 0) is 31.2 Å². The molecule has 82 valence electrons. The van der Waals surface area contributed by atoms with E-state index in [4.69, 9.17) is 5.73 Å². The molecule has 0 aromatic heterocycles. The molecule has 0 fully saturated rings. The molecule has 0 bridgehead atoms. The highest BCUT2D eigenvalue weighted by Crippen LogP contribution is 2.11. The molecule has 0 radical (unpaired) electrons. The predicted molar refractivity (Wildman–Crippen MR) is 59.9 cm³/mol. The largest absolute Gasteiger partial charge is 0.465 e. The van der Waals surface area contributed by atoms with Crippen LogP contribution < -0.4 is 11.1 Å². The summed E-state index contributed by atoms with van der Waals surface area (Å²) in [6.07, 6.45) is 0.905. The lowest BCUT2D eigenvalue weighted by atomic mass is 10.2. The normalized spacial score (nSPS) is 9.73. The highest BCUT2D eigenvalue weighted by Gasteiger charge is 2.04. The van der Waals surface area contributed by atoms with Crippen molar-refractivity contribution in [3.05, 3.63) is 29.8 Å². The molecule has 3 N–H and O–H groups in total. The third-order valence-corrected chi connectivity index (χ3v) is 1.99. The molecule has 0 spiro atoms. The van der Waals surface area contributed by atoms with Crippen molar-refractivity contribution in [2.45, 2.75) is 6.42 Å². The van der Waals surface area contributed by atoms with Crippen LogP contribution in [0.3, 0.4) is 0 Å². The van der Waals surface area contributed by atoms with E-state index in [1.807, 2.05) is 12.1 Å². The van der Waals surface area contributed by atoms with Gasteiger partial charge in [-0.25, -0.2) is 4.79 Å². The van der Waals surface area contributed by atoms with Gasteiger partial charge < -0.3 is 15.8 Å². The van der Waals surface area contributed by atoms with Crippen LogP contribution in [0.2, 0.25) is 0 Å². The van der Waals surface area contributed by atoms with Gasteiger partial charge in [0.05, 0.1) is 12.7 Å². The van der Waals surface area contributed by atoms with Gasteiger partial charge in [-0.2, -0.15) is 0 Å². The van der Waals surface area contributed by atoms with Gasteiger partial charge in [-0.15, -0.1) is 0 Å². The summed E-state index contributed by atoms with van der Waals surface area (Å²) in [5.41, 5.74) is 6.84. The van der Waals surface area contributed by atoms with Crippen LogP contribution in [0.5, 0.6) is 0 Å². The van der Waals surface area contributed by atoms with Crippen molar-refractivity contribution in [3.63, 3.8) is 0 Å². The maximum absolute atomic E-state index is 11.2. The average Bonchev–Trinajstić information content (AvgIpc) is 2.29. The molecule has 0 aliphatic rings. The number of nitrogens with two attached hydrogens (primary N) is 1. The summed E-state index contributed by atoms with van der Waals surface area (Å²) in [5.74, 6) is -0.322. The molecule has 0 unspecified atom stereocenters. The number of carbonyl (C=O) groups excluding carboxylic acids is 1. The van der Waals surface area contributed by atoms with Gasteiger partial charge >= 0.3 is 5.97 Å². The van der Waals surface area contributed by atoms with Crippen molar-refractivity contribution in [2.24, 2.45) is 5.73 Å². The lowest BCUT2D eigenvalue weighted by molar-refractivity contribution is 0.0601. The van der Waals surface area contributed by atoms with Crippen molar-refractivity contribution < 1.29 is 9.53 Å². The second-order valence-corrected chi connectivity index (χ2v) is 3.14. The first-order chi connectivity index (χ1) is 7.27. The lowest BCUT2D eigenvalue weighted by Crippen LogP contribution is -2.09. The number of anilines is 1. The molecule has 1 rings (SSSR count). The van der Waals surface area contributed by atoms with Crippen LogP contribution in [0.1, 0.15) is 16.8 Å². The zero-order chi connectivity index (χ0) is 11.1. The van der Waals surface area contributed by atoms with Crippen molar-refractivity contribution in [2.75, 3.05) is 25.5 Å². The maximum Gasteiger partial charge on any atom is 0.337 e. The number of rotatable bonds is 5. The first kappa shape index (κ1) is 11.5. The Balaban J connectivity index is 2.62. The quantitative estimate of drug-likeness (QED) is 0.564. The van der Waals surface area contributed by atoms with Gasteiger partial charge in [0.1, 0.15) is 0 Å². The third-order valence-electron chi connectivity index (χ3n) is 1.99. The minimum Gasteiger partial charge on any atom is -0.465 e. The Morgan fingerprint density at radius 3 is 3.00 bits per heavy atom. The molecule has 0 saturated carbocycles. The van der Waals surface area contributed by atoms with Crippen molar-refractivity contribution in [1.29, 1.82) is 0 Å². The SMILES string of the molecule is COC(=O)c1cccc(NCCCN)c1. The van der Waals surface area contributed by atoms with Gasteiger partial charge in [-0.3, -0.25) is 0 Å². The van der Waals surface area contributed by atoms with Crippen LogP contribution in [-0.4, -0.2) is 26.2 Å². The Kier molecular flexibility index (Phi) is 4.63. The zero-order valence-electron chi connectivity index (χ0n) is 8.82. The molecule has 1 aromatic carbocycles. The van der Waals surface area contributed by atoms with Gasteiger partial charge in [0.2, 0.25) is 0 Å². The van der Waals surface area contributed by atoms with E-state index in [1.165, 1.54) is 7.11 Å². The fourth-order valence-corrected chi connectivity index (χ4v) is 1.21. The van der Waals surface area contributed by atoms with E-state index < -0.39 is 0 Å². The molecule has 15 heavy (non-hydrogen) atoms. The van der Waals surface area contributed by atoms with Gasteiger partial charge in [0, 0.05) is 12.2 Å². The number of ether oxygens (including phenoxy) is 1. The van der Waals surface area contributed by atoms with E-state index in [0.29, 0.717) is 12.1 Å². The number of benzene rings is 1. The second kappa shape index (κ2) is 6.03. The number of hydrogen-bond acceptors (Lipinski definition) is 4. The smallest absolute Gasteiger partial charge is 0.337 e. The molecule has 0 amide bonds. The number of carbonyl (C=O) groups is 1.